The Kier molecular flexibility index (Phi) is 6.12. The molecular weight excluding hydrogens is 283 g/mol. The van der Waals surface area contributed by atoms with Gasteiger partial charge in [-0.2, -0.15) is 0 Å². The van der Waals surface area contributed by atoms with Crippen LogP contribution in [0.4, 0.5) is 13.2 Å². The molecule has 0 saturated carbocycles. The molecule has 0 radical (unpaired) electrons. The Morgan fingerprint density at radius 1 is 1.21 bits per heavy atom. The van der Waals surface area contributed by atoms with Crippen LogP contribution in [0.15, 0.2) is 24.3 Å². The Labute approximate surface area is 116 Å². The lowest BCUT2D eigenvalue weighted by atomic mass is 9.82. The lowest BCUT2D eigenvalue weighted by Crippen LogP contribution is -2.32. The highest BCUT2D eigenvalue weighted by Gasteiger charge is 2.31. The van der Waals surface area contributed by atoms with Crippen molar-refractivity contribution in [2.45, 2.75) is 26.3 Å². The van der Waals surface area contributed by atoms with Crippen LogP contribution in [0.3, 0.4) is 0 Å². The maximum atomic E-state index is 12.0. The van der Waals surface area contributed by atoms with E-state index in [0.717, 1.165) is 0 Å². The van der Waals surface area contributed by atoms with E-state index in [2.05, 4.69) is 4.74 Å². The Hall–Kier alpha value is -0.980. The summed E-state index contributed by atoms with van der Waals surface area (Å²) >= 11 is 0. The summed E-state index contributed by atoms with van der Waals surface area (Å²) in [6, 6.07) is 4.86. The van der Waals surface area contributed by atoms with Crippen molar-refractivity contribution in [3.63, 3.8) is 0 Å². The van der Waals surface area contributed by atoms with Gasteiger partial charge in [-0.05, 0) is 17.7 Å². The van der Waals surface area contributed by atoms with Gasteiger partial charge in [0.25, 0.3) is 0 Å². The van der Waals surface area contributed by atoms with E-state index in [0.29, 0.717) is 5.56 Å². The van der Waals surface area contributed by atoms with E-state index in [4.69, 9.17) is 5.73 Å². The average Bonchev–Trinajstić information content (AvgIpc) is 2.27. The first kappa shape index (κ1) is 18.0. The zero-order valence-electron chi connectivity index (χ0n) is 10.6. The molecule has 0 fully saturated rings. The summed E-state index contributed by atoms with van der Waals surface area (Å²) in [4.78, 5) is 0. The van der Waals surface area contributed by atoms with Crippen LogP contribution in [-0.2, 0) is 0 Å². The van der Waals surface area contributed by atoms with E-state index in [1.165, 1.54) is 24.3 Å². The van der Waals surface area contributed by atoms with Crippen LogP contribution < -0.4 is 10.5 Å². The monoisotopic (exact) mass is 299 g/mol. The van der Waals surface area contributed by atoms with E-state index in [9.17, 15) is 18.3 Å². The topological polar surface area (TPSA) is 55.5 Å². The summed E-state index contributed by atoms with van der Waals surface area (Å²) < 4.78 is 39.7. The average molecular weight is 300 g/mol. The van der Waals surface area contributed by atoms with Gasteiger partial charge in [0, 0.05) is 18.1 Å². The fourth-order valence-electron chi connectivity index (χ4n) is 1.43. The largest absolute Gasteiger partial charge is 0.573 e. The predicted octanol–water partition coefficient (Wildman–Crippen LogP) is 3.03. The van der Waals surface area contributed by atoms with Crippen molar-refractivity contribution in [2.24, 2.45) is 11.1 Å². The molecule has 0 saturated heterocycles. The van der Waals surface area contributed by atoms with Crippen LogP contribution in [-0.4, -0.2) is 18.1 Å². The molecule has 0 unspecified atom stereocenters. The van der Waals surface area contributed by atoms with Gasteiger partial charge in [-0.15, -0.1) is 25.6 Å². The lowest BCUT2D eigenvalue weighted by Gasteiger charge is -2.29. The molecule has 0 amide bonds. The summed E-state index contributed by atoms with van der Waals surface area (Å²) in [5, 5.41) is 9.18. The first-order valence-electron chi connectivity index (χ1n) is 5.38. The molecule has 1 aromatic rings. The van der Waals surface area contributed by atoms with Crippen molar-refractivity contribution >= 4 is 12.4 Å². The molecular formula is C12H17ClF3NO2. The molecule has 0 spiro atoms. The van der Waals surface area contributed by atoms with Crippen molar-refractivity contribution in [1.82, 2.24) is 0 Å². The van der Waals surface area contributed by atoms with Crippen LogP contribution in [0.25, 0.3) is 0 Å². The summed E-state index contributed by atoms with van der Waals surface area (Å²) in [5.74, 6) is -0.291. The number of hydrogen-bond donors (Lipinski definition) is 2. The quantitative estimate of drug-likeness (QED) is 0.898. The summed E-state index contributed by atoms with van der Waals surface area (Å²) in [6.07, 6.45) is -4.70. The smallest absolute Gasteiger partial charge is 0.406 e. The third-order valence-electron chi connectivity index (χ3n) is 2.72. The number of rotatable bonds is 4. The molecule has 7 heteroatoms. The Balaban J connectivity index is 0.00000324. The second kappa shape index (κ2) is 6.45. The van der Waals surface area contributed by atoms with Gasteiger partial charge in [0.15, 0.2) is 0 Å². The highest BCUT2D eigenvalue weighted by molar-refractivity contribution is 5.85. The van der Waals surface area contributed by atoms with Crippen LogP contribution in [0.2, 0.25) is 0 Å². The zero-order chi connectivity index (χ0) is 14.0. The van der Waals surface area contributed by atoms with Crippen molar-refractivity contribution in [3.8, 4) is 5.75 Å². The Morgan fingerprint density at radius 3 is 2.05 bits per heavy atom. The minimum Gasteiger partial charge on any atom is -0.406 e. The molecule has 0 aliphatic heterocycles. The predicted molar refractivity (Wildman–Crippen MR) is 68.2 cm³/mol. The van der Waals surface area contributed by atoms with Crippen molar-refractivity contribution in [1.29, 1.82) is 0 Å². The van der Waals surface area contributed by atoms with Gasteiger partial charge < -0.3 is 15.6 Å². The third kappa shape index (κ3) is 5.26. The van der Waals surface area contributed by atoms with Gasteiger partial charge in [0.1, 0.15) is 5.75 Å². The normalized spacial score (nSPS) is 13.6. The number of halogens is 4. The van der Waals surface area contributed by atoms with Crippen molar-refractivity contribution in [2.75, 3.05) is 6.61 Å². The molecule has 1 rings (SSSR count). The molecule has 0 aliphatic carbocycles. The maximum absolute atomic E-state index is 12.0. The number of benzene rings is 1. The van der Waals surface area contributed by atoms with Gasteiger partial charge in [0.05, 0.1) is 0 Å². The van der Waals surface area contributed by atoms with Gasteiger partial charge >= 0.3 is 6.36 Å². The second-order valence-electron chi connectivity index (χ2n) is 4.74. The van der Waals surface area contributed by atoms with Crippen molar-refractivity contribution < 1.29 is 23.0 Å². The SMILES string of the molecule is CC(C)(CO)[C@H](N)c1ccc(OC(F)(F)F)cc1.Cl. The Morgan fingerprint density at radius 2 is 1.68 bits per heavy atom. The fourth-order valence-corrected chi connectivity index (χ4v) is 1.43. The van der Waals surface area contributed by atoms with E-state index >= 15 is 0 Å². The van der Waals surface area contributed by atoms with E-state index in [1.54, 1.807) is 13.8 Å². The zero-order valence-corrected chi connectivity index (χ0v) is 11.4. The number of alkyl halides is 3. The molecule has 1 aromatic carbocycles. The van der Waals surface area contributed by atoms with Crippen LogP contribution in [0, 0.1) is 5.41 Å². The summed E-state index contributed by atoms with van der Waals surface area (Å²) in [6.45, 7) is 3.44. The van der Waals surface area contributed by atoms with Crippen molar-refractivity contribution in [3.05, 3.63) is 29.8 Å². The highest BCUT2D eigenvalue weighted by Crippen LogP contribution is 2.32. The van der Waals surface area contributed by atoms with E-state index in [1.807, 2.05) is 0 Å². The Bertz CT molecular complexity index is 393. The molecule has 1 atom stereocenters. The number of nitrogens with two attached hydrogens (primary N) is 1. The third-order valence-corrected chi connectivity index (χ3v) is 2.72. The summed E-state index contributed by atoms with van der Waals surface area (Å²) in [5.41, 5.74) is 6.03. The number of aliphatic hydroxyl groups is 1. The van der Waals surface area contributed by atoms with Gasteiger partial charge in [-0.1, -0.05) is 26.0 Å². The molecule has 3 nitrogen and oxygen atoms in total. The molecule has 110 valence electrons. The molecule has 0 bridgehead atoms. The van der Waals surface area contributed by atoms with E-state index < -0.39 is 17.8 Å². The van der Waals surface area contributed by atoms with E-state index in [-0.39, 0.29) is 24.8 Å². The van der Waals surface area contributed by atoms with Crippen LogP contribution in [0.1, 0.15) is 25.5 Å². The molecule has 0 aliphatic rings. The number of hydrogen-bond acceptors (Lipinski definition) is 3. The number of ether oxygens (including phenoxy) is 1. The standard InChI is InChI=1S/C12H16F3NO2.ClH/c1-11(2,7-17)10(16)8-3-5-9(6-4-8)18-12(13,14)15;/h3-6,10,17H,7,16H2,1-2H3;1H/t10-;/m1./s1. The van der Waals surface area contributed by atoms with Gasteiger partial charge in [-0.3, -0.25) is 0 Å². The number of aliphatic hydroxyl groups excluding tert-OH is 1. The minimum atomic E-state index is -4.70. The molecule has 0 heterocycles. The van der Waals surface area contributed by atoms with Gasteiger partial charge in [0.2, 0.25) is 0 Å². The fraction of sp³-hybridized carbons (Fsp3) is 0.500. The minimum absolute atomic E-state index is 0. The molecule has 3 N–H and O–H groups in total. The molecule has 0 aromatic heterocycles. The summed E-state index contributed by atoms with van der Waals surface area (Å²) in [7, 11) is 0. The highest BCUT2D eigenvalue weighted by atomic mass is 35.5. The van der Waals surface area contributed by atoms with Crippen LogP contribution in [0.5, 0.6) is 5.75 Å². The first-order chi connectivity index (χ1) is 8.15. The first-order valence-corrected chi connectivity index (χ1v) is 5.38. The van der Waals surface area contributed by atoms with Gasteiger partial charge in [-0.25, -0.2) is 0 Å². The second-order valence-corrected chi connectivity index (χ2v) is 4.74. The lowest BCUT2D eigenvalue weighted by molar-refractivity contribution is -0.274. The molecule has 19 heavy (non-hydrogen) atoms. The van der Waals surface area contributed by atoms with Crippen LogP contribution >= 0.6 is 12.4 Å². The maximum Gasteiger partial charge on any atom is 0.573 e.